The molecule has 0 aliphatic carbocycles. The maximum atomic E-state index is 12.8. The summed E-state index contributed by atoms with van der Waals surface area (Å²) in [4.78, 5) is 12.8. The molecule has 0 heterocycles. The van der Waals surface area contributed by atoms with Crippen molar-refractivity contribution in [1.82, 2.24) is 0 Å². The second-order valence-corrected chi connectivity index (χ2v) is 11.6. The summed E-state index contributed by atoms with van der Waals surface area (Å²) < 4.78 is 6.24. The second kappa shape index (κ2) is 31.2. The van der Waals surface area contributed by atoms with Gasteiger partial charge >= 0.3 is 5.97 Å². The van der Waals surface area contributed by atoms with Crippen LogP contribution in [0.5, 0.6) is 0 Å². The van der Waals surface area contributed by atoms with Crippen molar-refractivity contribution in [1.29, 1.82) is 0 Å². The third kappa shape index (κ3) is 26.7. The Kier molecular flexibility index (Phi) is 30.2. The fraction of sp³-hybridized carbons (Fsp3) is 0.811. The highest BCUT2D eigenvalue weighted by Crippen LogP contribution is 2.27. The standard InChI is InChI=1S/C37H68O2/c1-5-9-13-16-19-22-24-28-31-35(32-29-25-23-20-17-14-10-6-2)36(39-37(38)34-27-12-8-4)33-30-26-21-18-15-11-7-3/h19-23,26,35-36H,5-18,24-25,27-34H2,1-4H3/b22-19-,23-20?,26-21?. The first-order valence-electron chi connectivity index (χ1n) is 17.3. The van der Waals surface area contributed by atoms with Crippen LogP contribution in [0.15, 0.2) is 36.5 Å². The van der Waals surface area contributed by atoms with Crippen molar-refractivity contribution in [2.24, 2.45) is 5.92 Å². The van der Waals surface area contributed by atoms with Crippen LogP contribution in [0.4, 0.5) is 0 Å². The number of hydrogen-bond donors (Lipinski definition) is 0. The molecule has 0 saturated heterocycles. The number of esters is 1. The topological polar surface area (TPSA) is 26.3 Å². The molecule has 0 spiro atoms. The summed E-state index contributed by atoms with van der Waals surface area (Å²) in [5.74, 6) is 0.493. The van der Waals surface area contributed by atoms with Gasteiger partial charge in [-0.2, -0.15) is 0 Å². The van der Waals surface area contributed by atoms with Crippen LogP contribution in [0.3, 0.4) is 0 Å². The molecule has 2 nitrogen and oxygen atoms in total. The minimum absolute atomic E-state index is 0.0250. The van der Waals surface area contributed by atoms with Gasteiger partial charge in [0.25, 0.3) is 0 Å². The molecule has 39 heavy (non-hydrogen) atoms. The largest absolute Gasteiger partial charge is 0.462 e. The van der Waals surface area contributed by atoms with Gasteiger partial charge in [-0.15, -0.1) is 0 Å². The predicted molar refractivity (Wildman–Crippen MR) is 174 cm³/mol. The second-order valence-electron chi connectivity index (χ2n) is 11.6. The summed E-state index contributed by atoms with van der Waals surface area (Å²) in [5, 5.41) is 0. The molecule has 2 unspecified atom stereocenters. The highest BCUT2D eigenvalue weighted by atomic mass is 16.5. The third-order valence-electron chi connectivity index (χ3n) is 7.73. The quantitative estimate of drug-likeness (QED) is 0.0531. The Morgan fingerprint density at radius 2 is 0.872 bits per heavy atom. The van der Waals surface area contributed by atoms with Gasteiger partial charge in [-0.05, 0) is 102 Å². The number of carbonyl (C=O) groups excluding carboxylic acids is 1. The molecular weight excluding hydrogens is 476 g/mol. The van der Waals surface area contributed by atoms with Crippen molar-refractivity contribution in [2.45, 2.75) is 188 Å². The fourth-order valence-electron chi connectivity index (χ4n) is 5.15. The van der Waals surface area contributed by atoms with Crippen LogP contribution in [0, 0.1) is 5.92 Å². The van der Waals surface area contributed by atoms with E-state index in [1.54, 1.807) is 0 Å². The SMILES string of the molecule is CCCCCC=CCCCC(CCC/C=C\CCCCC)C(CCC=CCCCCC)OC(=O)CCCCC. The number of hydrogen-bond acceptors (Lipinski definition) is 2. The van der Waals surface area contributed by atoms with Gasteiger partial charge in [0.1, 0.15) is 6.10 Å². The van der Waals surface area contributed by atoms with E-state index in [2.05, 4.69) is 64.2 Å². The maximum Gasteiger partial charge on any atom is 0.306 e. The Labute approximate surface area is 245 Å². The van der Waals surface area contributed by atoms with E-state index in [1.807, 2.05) is 0 Å². The van der Waals surface area contributed by atoms with Gasteiger partial charge in [0.15, 0.2) is 0 Å². The zero-order chi connectivity index (χ0) is 28.7. The summed E-state index contributed by atoms with van der Waals surface area (Å²) in [6, 6.07) is 0. The number of rotatable bonds is 29. The summed E-state index contributed by atoms with van der Waals surface area (Å²) in [5.41, 5.74) is 0. The normalized spacial score (nSPS) is 13.6. The van der Waals surface area contributed by atoms with E-state index < -0.39 is 0 Å². The van der Waals surface area contributed by atoms with E-state index in [0.717, 1.165) is 57.8 Å². The molecule has 0 aromatic rings. The van der Waals surface area contributed by atoms with E-state index in [9.17, 15) is 4.79 Å². The third-order valence-corrected chi connectivity index (χ3v) is 7.73. The Morgan fingerprint density at radius 3 is 1.31 bits per heavy atom. The predicted octanol–water partition coefficient (Wildman–Crippen LogP) is 12.6. The number of unbranched alkanes of at least 4 members (excludes halogenated alkanes) is 13. The van der Waals surface area contributed by atoms with Gasteiger partial charge in [-0.1, -0.05) is 116 Å². The van der Waals surface area contributed by atoms with Crippen LogP contribution < -0.4 is 0 Å². The van der Waals surface area contributed by atoms with E-state index >= 15 is 0 Å². The fourth-order valence-corrected chi connectivity index (χ4v) is 5.15. The maximum absolute atomic E-state index is 12.8. The minimum atomic E-state index is 0.0250. The van der Waals surface area contributed by atoms with Gasteiger partial charge in [0.05, 0.1) is 0 Å². The molecule has 2 heteroatoms. The molecule has 228 valence electrons. The van der Waals surface area contributed by atoms with E-state index in [-0.39, 0.29) is 12.1 Å². The van der Waals surface area contributed by atoms with Gasteiger partial charge in [0.2, 0.25) is 0 Å². The van der Waals surface area contributed by atoms with E-state index in [4.69, 9.17) is 4.74 Å². The molecule has 0 radical (unpaired) electrons. The van der Waals surface area contributed by atoms with Crippen LogP contribution in [0.2, 0.25) is 0 Å². The van der Waals surface area contributed by atoms with Crippen molar-refractivity contribution in [2.75, 3.05) is 0 Å². The number of ether oxygens (including phenoxy) is 1. The lowest BCUT2D eigenvalue weighted by molar-refractivity contribution is -0.152. The highest BCUT2D eigenvalue weighted by molar-refractivity contribution is 5.69. The summed E-state index contributed by atoms with van der Waals surface area (Å²) >= 11 is 0. The lowest BCUT2D eigenvalue weighted by Crippen LogP contribution is -2.27. The molecule has 0 fully saturated rings. The molecule has 0 saturated carbocycles. The van der Waals surface area contributed by atoms with Crippen LogP contribution >= 0.6 is 0 Å². The Balaban J connectivity index is 5.06. The highest BCUT2D eigenvalue weighted by Gasteiger charge is 2.24. The number of carbonyl (C=O) groups is 1. The van der Waals surface area contributed by atoms with Crippen molar-refractivity contribution in [3.05, 3.63) is 36.5 Å². The zero-order valence-electron chi connectivity index (χ0n) is 26.9. The molecule has 0 aromatic heterocycles. The molecule has 0 N–H and O–H groups in total. The first kappa shape index (κ1) is 37.7. The average molecular weight is 545 g/mol. The van der Waals surface area contributed by atoms with Crippen LogP contribution in [-0.4, -0.2) is 12.1 Å². The van der Waals surface area contributed by atoms with Crippen LogP contribution in [0.1, 0.15) is 182 Å². The number of allylic oxidation sites excluding steroid dienone is 6. The molecule has 0 bridgehead atoms. The first-order valence-corrected chi connectivity index (χ1v) is 17.3. The summed E-state index contributed by atoms with van der Waals surface area (Å²) in [6.07, 6.45) is 42.3. The molecule has 0 aliphatic rings. The average Bonchev–Trinajstić information content (AvgIpc) is 2.93. The molecule has 0 amide bonds. The summed E-state index contributed by atoms with van der Waals surface area (Å²) in [6.45, 7) is 8.98. The first-order chi connectivity index (χ1) is 19.2. The minimum Gasteiger partial charge on any atom is -0.462 e. The lowest BCUT2D eigenvalue weighted by atomic mass is 9.88. The zero-order valence-corrected chi connectivity index (χ0v) is 26.9. The smallest absolute Gasteiger partial charge is 0.306 e. The molecule has 0 aromatic carbocycles. The van der Waals surface area contributed by atoms with Gasteiger partial charge in [-0.25, -0.2) is 0 Å². The monoisotopic (exact) mass is 545 g/mol. The van der Waals surface area contributed by atoms with Gasteiger partial charge < -0.3 is 4.74 Å². The van der Waals surface area contributed by atoms with E-state index in [0.29, 0.717) is 12.3 Å². The molecule has 0 rings (SSSR count). The lowest BCUT2D eigenvalue weighted by Gasteiger charge is -2.27. The Morgan fingerprint density at radius 1 is 0.487 bits per heavy atom. The Bertz CT molecular complexity index is 562. The van der Waals surface area contributed by atoms with Crippen LogP contribution in [0.25, 0.3) is 0 Å². The van der Waals surface area contributed by atoms with Crippen LogP contribution in [-0.2, 0) is 9.53 Å². The molecule has 0 aliphatic heterocycles. The van der Waals surface area contributed by atoms with Gasteiger partial charge in [0, 0.05) is 6.42 Å². The van der Waals surface area contributed by atoms with Crippen molar-refractivity contribution in [3.8, 4) is 0 Å². The van der Waals surface area contributed by atoms with Crippen molar-refractivity contribution >= 4 is 5.97 Å². The van der Waals surface area contributed by atoms with Crippen molar-refractivity contribution in [3.63, 3.8) is 0 Å². The van der Waals surface area contributed by atoms with Gasteiger partial charge in [-0.3, -0.25) is 4.79 Å². The summed E-state index contributed by atoms with van der Waals surface area (Å²) in [7, 11) is 0. The van der Waals surface area contributed by atoms with Crippen molar-refractivity contribution < 1.29 is 9.53 Å². The molecular formula is C37H68O2. The van der Waals surface area contributed by atoms with E-state index in [1.165, 1.54) is 89.9 Å². The molecule has 2 atom stereocenters. The Hall–Kier alpha value is -1.31.